The summed E-state index contributed by atoms with van der Waals surface area (Å²) in [6.07, 6.45) is 0. The molecule has 1 amide bonds. The molecule has 1 unspecified atom stereocenters. The number of nitrogens with two attached hydrogens (primary N) is 1. The lowest BCUT2D eigenvalue weighted by Gasteiger charge is -2.26. The maximum Gasteiger partial charge on any atom is 0.253 e. The second kappa shape index (κ2) is 7.26. The van der Waals surface area contributed by atoms with Gasteiger partial charge in [0.1, 0.15) is 0 Å². The van der Waals surface area contributed by atoms with E-state index >= 15 is 0 Å². The molecule has 0 spiro atoms. The Labute approximate surface area is 121 Å². The zero-order chi connectivity index (χ0) is 15.3. The Morgan fingerprint density at radius 3 is 2.50 bits per heavy atom. The van der Waals surface area contributed by atoms with Gasteiger partial charge in [0.25, 0.3) is 5.91 Å². The monoisotopic (exact) mass is 278 g/mol. The van der Waals surface area contributed by atoms with Gasteiger partial charge in [-0.2, -0.15) is 0 Å². The summed E-state index contributed by atoms with van der Waals surface area (Å²) in [6.45, 7) is 6.97. The van der Waals surface area contributed by atoms with E-state index in [9.17, 15) is 4.79 Å². The Kier molecular flexibility index (Phi) is 5.98. The number of hydrogen-bond donors (Lipinski definition) is 3. The number of anilines is 1. The number of aryl methyl sites for hydroxylation is 1. The Morgan fingerprint density at radius 2 is 2.00 bits per heavy atom. The predicted octanol–water partition coefficient (Wildman–Crippen LogP) is 1.60. The maximum absolute atomic E-state index is 12.4. The summed E-state index contributed by atoms with van der Waals surface area (Å²) in [5.41, 5.74) is 4.83. The highest BCUT2D eigenvalue weighted by Gasteiger charge is 2.19. The Morgan fingerprint density at radius 1 is 1.35 bits per heavy atom. The van der Waals surface area contributed by atoms with Crippen molar-refractivity contribution in [3.8, 4) is 0 Å². The normalized spacial score (nSPS) is 12.6. The van der Waals surface area contributed by atoms with Crippen molar-refractivity contribution in [1.29, 1.82) is 0 Å². The SMILES string of the molecule is Cc1ccc(NN)c(C(=O)NC(CN(C)C)C(C)C)c1. The van der Waals surface area contributed by atoms with Crippen molar-refractivity contribution in [1.82, 2.24) is 10.2 Å². The third-order valence-corrected chi connectivity index (χ3v) is 3.26. The summed E-state index contributed by atoms with van der Waals surface area (Å²) in [7, 11) is 4.00. The number of benzene rings is 1. The molecule has 0 aromatic heterocycles. The van der Waals surface area contributed by atoms with Crippen LogP contribution in [0, 0.1) is 12.8 Å². The Balaban J connectivity index is 2.91. The molecule has 0 aliphatic carbocycles. The van der Waals surface area contributed by atoms with E-state index in [1.54, 1.807) is 0 Å². The second-order valence-electron chi connectivity index (χ2n) is 5.78. The molecule has 1 aromatic rings. The van der Waals surface area contributed by atoms with Crippen LogP contribution in [0.25, 0.3) is 0 Å². The fraction of sp³-hybridized carbons (Fsp3) is 0.533. The summed E-state index contributed by atoms with van der Waals surface area (Å²) in [4.78, 5) is 14.5. The highest BCUT2D eigenvalue weighted by atomic mass is 16.1. The number of hydrogen-bond acceptors (Lipinski definition) is 4. The number of nitrogens with one attached hydrogen (secondary N) is 2. The summed E-state index contributed by atoms with van der Waals surface area (Å²) in [6, 6.07) is 5.69. The maximum atomic E-state index is 12.4. The van der Waals surface area contributed by atoms with Crippen LogP contribution in [-0.4, -0.2) is 37.5 Å². The number of likely N-dealkylation sites (N-methyl/N-ethyl adjacent to an activating group) is 1. The smallest absolute Gasteiger partial charge is 0.253 e. The van der Waals surface area contributed by atoms with Crippen molar-refractivity contribution in [2.45, 2.75) is 26.8 Å². The average Bonchev–Trinajstić information content (AvgIpc) is 2.37. The van der Waals surface area contributed by atoms with E-state index in [4.69, 9.17) is 5.84 Å². The summed E-state index contributed by atoms with van der Waals surface area (Å²) in [5.74, 6) is 5.74. The minimum atomic E-state index is -0.0952. The largest absolute Gasteiger partial charge is 0.348 e. The van der Waals surface area contributed by atoms with Gasteiger partial charge >= 0.3 is 0 Å². The van der Waals surface area contributed by atoms with E-state index in [0.29, 0.717) is 17.2 Å². The quantitative estimate of drug-likeness (QED) is 0.546. The number of rotatable bonds is 6. The summed E-state index contributed by atoms with van der Waals surface area (Å²) < 4.78 is 0. The molecule has 0 aliphatic heterocycles. The molecular weight excluding hydrogens is 252 g/mol. The lowest BCUT2D eigenvalue weighted by atomic mass is 10.0. The second-order valence-corrected chi connectivity index (χ2v) is 5.78. The van der Waals surface area contributed by atoms with Crippen LogP contribution in [0.4, 0.5) is 5.69 Å². The predicted molar refractivity (Wildman–Crippen MR) is 83.6 cm³/mol. The van der Waals surface area contributed by atoms with Gasteiger partial charge in [-0.05, 0) is 39.1 Å². The van der Waals surface area contributed by atoms with Gasteiger partial charge in [-0.1, -0.05) is 25.5 Å². The van der Waals surface area contributed by atoms with Crippen LogP contribution in [0.15, 0.2) is 18.2 Å². The first-order valence-corrected chi connectivity index (χ1v) is 6.88. The van der Waals surface area contributed by atoms with Crippen LogP contribution in [-0.2, 0) is 0 Å². The molecule has 1 rings (SSSR count). The van der Waals surface area contributed by atoms with Gasteiger partial charge in [0, 0.05) is 12.6 Å². The molecule has 0 heterocycles. The van der Waals surface area contributed by atoms with E-state index in [0.717, 1.165) is 12.1 Å². The number of amides is 1. The van der Waals surface area contributed by atoms with E-state index in [1.165, 1.54) is 0 Å². The summed E-state index contributed by atoms with van der Waals surface area (Å²) in [5, 5.41) is 3.09. The molecule has 0 fully saturated rings. The van der Waals surface area contributed by atoms with Crippen molar-refractivity contribution in [2.75, 3.05) is 26.1 Å². The van der Waals surface area contributed by atoms with E-state index in [2.05, 4.69) is 29.5 Å². The Bertz CT molecular complexity index is 457. The van der Waals surface area contributed by atoms with Gasteiger partial charge in [-0.15, -0.1) is 0 Å². The van der Waals surface area contributed by atoms with Crippen molar-refractivity contribution in [2.24, 2.45) is 11.8 Å². The van der Waals surface area contributed by atoms with Crippen LogP contribution >= 0.6 is 0 Å². The third kappa shape index (κ3) is 4.51. The lowest BCUT2D eigenvalue weighted by molar-refractivity contribution is 0.0917. The van der Waals surface area contributed by atoms with E-state index in [-0.39, 0.29) is 11.9 Å². The zero-order valence-electron chi connectivity index (χ0n) is 13.0. The first kappa shape index (κ1) is 16.5. The van der Waals surface area contributed by atoms with Gasteiger partial charge in [0.2, 0.25) is 0 Å². The van der Waals surface area contributed by atoms with Crippen molar-refractivity contribution in [3.05, 3.63) is 29.3 Å². The molecule has 4 N–H and O–H groups in total. The van der Waals surface area contributed by atoms with Crippen LogP contribution in [0.2, 0.25) is 0 Å². The molecule has 0 saturated carbocycles. The molecule has 0 bridgehead atoms. The molecule has 112 valence electrons. The van der Waals surface area contributed by atoms with Gasteiger partial charge < -0.3 is 15.6 Å². The van der Waals surface area contributed by atoms with Gasteiger partial charge in [0.15, 0.2) is 0 Å². The van der Waals surface area contributed by atoms with Crippen molar-refractivity contribution >= 4 is 11.6 Å². The van der Waals surface area contributed by atoms with Crippen molar-refractivity contribution in [3.63, 3.8) is 0 Å². The molecule has 0 saturated heterocycles. The van der Waals surface area contributed by atoms with Crippen LogP contribution < -0.4 is 16.6 Å². The van der Waals surface area contributed by atoms with Gasteiger partial charge in [-0.3, -0.25) is 10.6 Å². The van der Waals surface area contributed by atoms with E-state index < -0.39 is 0 Å². The highest BCUT2D eigenvalue weighted by molar-refractivity contribution is 5.99. The lowest BCUT2D eigenvalue weighted by Crippen LogP contribution is -2.45. The fourth-order valence-electron chi connectivity index (χ4n) is 2.03. The highest BCUT2D eigenvalue weighted by Crippen LogP contribution is 2.17. The molecule has 1 atom stereocenters. The molecular formula is C15H26N4O. The first-order chi connectivity index (χ1) is 9.35. The number of nitrogen functional groups attached to an aromatic ring is 1. The number of nitrogens with zero attached hydrogens (tertiary/aromatic N) is 1. The van der Waals surface area contributed by atoms with E-state index in [1.807, 2.05) is 39.2 Å². The first-order valence-electron chi connectivity index (χ1n) is 6.88. The number of hydrazine groups is 1. The van der Waals surface area contributed by atoms with Gasteiger partial charge in [0.05, 0.1) is 11.3 Å². The fourth-order valence-corrected chi connectivity index (χ4v) is 2.03. The third-order valence-electron chi connectivity index (χ3n) is 3.26. The van der Waals surface area contributed by atoms with Crippen LogP contribution in [0.5, 0.6) is 0 Å². The van der Waals surface area contributed by atoms with Crippen molar-refractivity contribution < 1.29 is 4.79 Å². The standard InChI is InChI=1S/C15H26N4O/c1-10(2)14(9-19(4)5)17-15(20)12-8-11(3)6-7-13(12)18-16/h6-8,10,14,18H,9,16H2,1-5H3,(H,17,20). The topological polar surface area (TPSA) is 70.4 Å². The molecule has 0 radical (unpaired) electrons. The zero-order valence-corrected chi connectivity index (χ0v) is 13.0. The number of carbonyl (C=O) groups excluding carboxylic acids is 1. The minimum Gasteiger partial charge on any atom is -0.348 e. The molecule has 0 aliphatic rings. The molecule has 20 heavy (non-hydrogen) atoms. The number of carbonyl (C=O) groups is 1. The van der Waals surface area contributed by atoms with Crippen LogP contribution in [0.1, 0.15) is 29.8 Å². The molecule has 5 heteroatoms. The Hall–Kier alpha value is -1.59. The molecule has 1 aromatic carbocycles. The summed E-state index contributed by atoms with van der Waals surface area (Å²) >= 11 is 0. The van der Waals surface area contributed by atoms with Crippen LogP contribution in [0.3, 0.4) is 0 Å². The average molecular weight is 278 g/mol. The van der Waals surface area contributed by atoms with Gasteiger partial charge in [-0.25, -0.2) is 0 Å². The molecule has 5 nitrogen and oxygen atoms in total. The minimum absolute atomic E-state index is 0.0952.